The zero-order valence-corrected chi connectivity index (χ0v) is 12.0. The summed E-state index contributed by atoms with van der Waals surface area (Å²) < 4.78 is 0. The Morgan fingerprint density at radius 1 is 1.28 bits per heavy atom. The van der Waals surface area contributed by atoms with Crippen LogP contribution in [-0.2, 0) is 13.1 Å². The molecular weight excluding hydrogens is 264 g/mol. The molecule has 2 aromatic rings. The van der Waals surface area contributed by atoms with Crippen molar-refractivity contribution >= 4 is 28.6 Å². The molecule has 0 saturated heterocycles. The molecule has 18 heavy (non-hydrogen) atoms. The van der Waals surface area contributed by atoms with Gasteiger partial charge in [0.05, 0.1) is 6.54 Å². The van der Waals surface area contributed by atoms with E-state index in [1.54, 1.807) is 11.3 Å². The van der Waals surface area contributed by atoms with E-state index in [2.05, 4.69) is 35.4 Å². The lowest BCUT2D eigenvalue weighted by molar-refractivity contribution is 0.831. The Morgan fingerprint density at radius 2 is 2.11 bits per heavy atom. The average Bonchev–Trinajstić information content (AvgIpc) is 2.88. The third-order valence-corrected chi connectivity index (χ3v) is 4.16. The highest BCUT2D eigenvalue weighted by molar-refractivity contribution is 7.09. The van der Waals surface area contributed by atoms with E-state index in [1.807, 2.05) is 12.1 Å². The molecule has 0 saturated carbocycles. The van der Waals surface area contributed by atoms with Crippen LogP contribution in [0, 0.1) is 0 Å². The Morgan fingerprint density at radius 3 is 2.72 bits per heavy atom. The zero-order valence-electron chi connectivity index (χ0n) is 10.4. The fourth-order valence-corrected chi connectivity index (χ4v) is 2.97. The molecule has 0 atom stereocenters. The van der Waals surface area contributed by atoms with Crippen molar-refractivity contribution in [2.24, 2.45) is 5.73 Å². The molecule has 0 aliphatic heterocycles. The zero-order chi connectivity index (χ0) is 13.0. The molecule has 0 unspecified atom stereocenters. The van der Waals surface area contributed by atoms with Crippen LogP contribution in [0.25, 0.3) is 0 Å². The van der Waals surface area contributed by atoms with Crippen molar-refractivity contribution in [1.29, 1.82) is 0 Å². The number of anilines is 1. The van der Waals surface area contributed by atoms with Crippen LogP contribution in [0.5, 0.6) is 0 Å². The monoisotopic (exact) mass is 280 g/mol. The second-order valence-corrected chi connectivity index (χ2v) is 5.47. The third kappa shape index (κ3) is 2.86. The van der Waals surface area contributed by atoms with E-state index in [0.717, 1.165) is 29.4 Å². The van der Waals surface area contributed by atoms with Gasteiger partial charge in [0.1, 0.15) is 0 Å². The minimum absolute atomic E-state index is 0.468. The minimum Gasteiger partial charge on any atom is -0.366 e. The number of rotatable bonds is 5. The van der Waals surface area contributed by atoms with E-state index in [1.165, 1.54) is 4.88 Å². The number of thiophene rings is 1. The molecule has 0 radical (unpaired) electrons. The summed E-state index contributed by atoms with van der Waals surface area (Å²) in [6.45, 7) is 4.46. The lowest BCUT2D eigenvalue weighted by Gasteiger charge is -2.25. The van der Waals surface area contributed by atoms with Crippen molar-refractivity contribution in [3.05, 3.63) is 51.2 Å². The molecule has 96 valence electrons. The molecule has 4 heteroatoms. The van der Waals surface area contributed by atoms with Gasteiger partial charge in [-0.1, -0.05) is 23.7 Å². The second kappa shape index (κ2) is 6.23. The first kappa shape index (κ1) is 13.4. The van der Waals surface area contributed by atoms with Gasteiger partial charge in [-0.05, 0) is 30.5 Å². The lowest BCUT2D eigenvalue weighted by atomic mass is 10.1. The molecule has 1 aromatic carbocycles. The summed E-state index contributed by atoms with van der Waals surface area (Å²) in [5, 5.41) is 2.85. The highest BCUT2D eigenvalue weighted by atomic mass is 35.5. The Hall–Kier alpha value is -1.03. The van der Waals surface area contributed by atoms with E-state index >= 15 is 0 Å². The van der Waals surface area contributed by atoms with Crippen molar-refractivity contribution in [2.45, 2.75) is 20.0 Å². The van der Waals surface area contributed by atoms with E-state index < -0.39 is 0 Å². The predicted molar refractivity (Wildman–Crippen MR) is 80.4 cm³/mol. The van der Waals surface area contributed by atoms with Gasteiger partial charge in [0.25, 0.3) is 0 Å². The second-order valence-electron chi connectivity index (χ2n) is 4.04. The van der Waals surface area contributed by atoms with Crippen LogP contribution in [0.15, 0.2) is 35.7 Å². The van der Waals surface area contributed by atoms with Gasteiger partial charge in [0.15, 0.2) is 0 Å². The van der Waals surface area contributed by atoms with E-state index in [4.69, 9.17) is 17.3 Å². The molecule has 1 aromatic heterocycles. The summed E-state index contributed by atoms with van der Waals surface area (Å²) in [5.74, 6) is 0. The van der Waals surface area contributed by atoms with Crippen molar-refractivity contribution in [3.8, 4) is 0 Å². The van der Waals surface area contributed by atoms with Crippen molar-refractivity contribution < 1.29 is 0 Å². The smallest absolute Gasteiger partial charge is 0.0522 e. The normalized spacial score (nSPS) is 10.6. The van der Waals surface area contributed by atoms with Crippen LogP contribution in [0.3, 0.4) is 0 Å². The molecule has 0 fully saturated rings. The summed E-state index contributed by atoms with van der Waals surface area (Å²) in [7, 11) is 0. The molecule has 0 spiro atoms. The van der Waals surface area contributed by atoms with E-state index in [9.17, 15) is 0 Å². The highest BCUT2D eigenvalue weighted by Crippen LogP contribution is 2.28. The maximum Gasteiger partial charge on any atom is 0.0522 e. The molecule has 0 aliphatic rings. The Labute approximate surface area is 117 Å². The first-order valence-corrected chi connectivity index (χ1v) is 7.26. The fraction of sp³-hybridized carbons (Fsp3) is 0.286. The molecule has 0 bridgehead atoms. The number of halogens is 1. The van der Waals surface area contributed by atoms with Crippen molar-refractivity contribution in [3.63, 3.8) is 0 Å². The van der Waals surface area contributed by atoms with Crippen LogP contribution < -0.4 is 10.6 Å². The minimum atomic E-state index is 0.468. The van der Waals surface area contributed by atoms with Crippen LogP contribution in [0.2, 0.25) is 5.02 Å². The van der Waals surface area contributed by atoms with Gasteiger partial charge in [-0.2, -0.15) is 0 Å². The van der Waals surface area contributed by atoms with E-state index in [0.29, 0.717) is 6.54 Å². The van der Waals surface area contributed by atoms with Crippen LogP contribution >= 0.6 is 22.9 Å². The number of hydrogen-bond donors (Lipinski definition) is 1. The van der Waals surface area contributed by atoms with Crippen molar-refractivity contribution in [1.82, 2.24) is 0 Å². The molecule has 2 nitrogen and oxygen atoms in total. The third-order valence-electron chi connectivity index (χ3n) is 2.95. The van der Waals surface area contributed by atoms with Gasteiger partial charge >= 0.3 is 0 Å². The van der Waals surface area contributed by atoms with Crippen molar-refractivity contribution in [2.75, 3.05) is 11.4 Å². The predicted octanol–water partition coefficient (Wildman–Crippen LogP) is 3.89. The Kier molecular flexibility index (Phi) is 4.64. The Balaban J connectivity index is 2.30. The summed E-state index contributed by atoms with van der Waals surface area (Å²) in [5.41, 5.74) is 7.97. The topological polar surface area (TPSA) is 29.3 Å². The quantitative estimate of drug-likeness (QED) is 0.900. The van der Waals surface area contributed by atoms with Crippen LogP contribution in [-0.4, -0.2) is 6.54 Å². The first-order chi connectivity index (χ1) is 8.76. The fourth-order valence-electron chi connectivity index (χ4n) is 2.00. The number of nitrogens with zero attached hydrogens (tertiary/aromatic N) is 1. The molecule has 1 heterocycles. The van der Waals surface area contributed by atoms with Crippen LogP contribution in [0.4, 0.5) is 5.69 Å². The lowest BCUT2D eigenvalue weighted by Crippen LogP contribution is -2.23. The van der Waals surface area contributed by atoms with E-state index in [-0.39, 0.29) is 0 Å². The maximum atomic E-state index is 6.21. The molecule has 2 rings (SSSR count). The first-order valence-electron chi connectivity index (χ1n) is 6.01. The summed E-state index contributed by atoms with van der Waals surface area (Å²) in [6, 6.07) is 10.2. The molecule has 2 N–H and O–H groups in total. The molecule has 0 aliphatic carbocycles. The standard InChI is InChI=1S/C14H17ClN2S/c1-2-17(10-11-5-4-8-18-11)14-7-3-6-13(15)12(14)9-16/h3-8H,2,9-10,16H2,1H3. The van der Waals surface area contributed by atoms with Gasteiger partial charge in [-0.25, -0.2) is 0 Å². The summed E-state index contributed by atoms with van der Waals surface area (Å²) in [6.07, 6.45) is 0. The SMILES string of the molecule is CCN(Cc1cccs1)c1cccc(Cl)c1CN. The van der Waals surface area contributed by atoms with Gasteiger partial charge in [0.2, 0.25) is 0 Å². The number of nitrogens with two attached hydrogens (primary N) is 1. The largest absolute Gasteiger partial charge is 0.366 e. The summed E-state index contributed by atoms with van der Waals surface area (Å²) in [4.78, 5) is 3.65. The molecular formula is C14H17ClN2S. The average molecular weight is 281 g/mol. The summed E-state index contributed by atoms with van der Waals surface area (Å²) >= 11 is 7.98. The van der Waals surface area contributed by atoms with Gasteiger partial charge < -0.3 is 10.6 Å². The Bertz CT molecular complexity index is 497. The van der Waals surface area contributed by atoms with Gasteiger partial charge in [0, 0.05) is 34.2 Å². The van der Waals surface area contributed by atoms with Gasteiger partial charge in [-0.3, -0.25) is 0 Å². The number of hydrogen-bond acceptors (Lipinski definition) is 3. The number of benzene rings is 1. The maximum absolute atomic E-state index is 6.21. The molecule has 0 amide bonds. The highest BCUT2D eigenvalue weighted by Gasteiger charge is 2.12. The van der Waals surface area contributed by atoms with Crippen LogP contribution in [0.1, 0.15) is 17.4 Å². The van der Waals surface area contributed by atoms with Gasteiger partial charge in [-0.15, -0.1) is 11.3 Å².